The van der Waals surface area contributed by atoms with Gasteiger partial charge < -0.3 is 4.74 Å². The molecule has 0 aliphatic heterocycles. The predicted molar refractivity (Wildman–Crippen MR) is 80.9 cm³/mol. The van der Waals surface area contributed by atoms with E-state index in [1.165, 1.54) is 12.1 Å². The third-order valence-electron chi connectivity index (χ3n) is 2.64. The number of hydrogen-bond donors (Lipinski definition) is 0. The Morgan fingerprint density at radius 3 is 2.24 bits per heavy atom. The Morgan fingerprint density at radius 1 is 1.29 bits per heavy atom. The van der Waals surface area contributed by atoms with Crippen LogP contribution in [0.1, 0.15) is 32.8 Å². The van der Waals surface area contributed by atoms with Gasteiger partial charge in [-0.3, -0.25) is 4.79 Å². The molecule has 6 heteroatoms. The van der Waals surface area contributed by atoms with Crippen molar-refractivity contribution in [2.75, 3.05) is 0 Å². The molecule has 0 saturated carbocycles. The smallest absolute Gasteiger partial charge is 0.383 e. The summed E-state index contributed by atoms with van der Waals surface area (Å²) in [7, 11) is -3.81. The van der Waals surface area contributed by atoms with Crippen LogP contribution in [-0.4, -0.2) is 25.4 Å². The lowest BCUT2D eigenvalue weighted by atomic mass is 10.2. The SMILES string of the molecule is C#[N+]C(CC(=O)OC(C)(C)C)S(=O)(=O)c1ccc(C)cc1. The van der Waals surface area contributed by atoms with Gasteiger partial charge in [0.2, 0.25) is 0 Å². The second kappa shape index (κ2) is 6.27. The molecule has 0 heterocycles. The quantitative estimate of drug-likeness (QED) is 0.802. The number of esters is 1. The third kappa shape index (κ3) is 4.87. The first-order valence-electron chi connectivity index (χ1n) is 6.49. The number of ether oxygens (including phenoxy) is 1. The largest absolute Gasteiger partial charge is 0.460 e. The summed E-state index contributed by atoms with van der Waals surface area (Å²) in [5.41, 5.74) is 0.242. The highest BCUT2D eigenvalue weighted by Crippen LogP contribution is 2.21. The molecule has 1 aromatic rings. The first-order chi connectivity index (χ1) is 9.56. The van der Waals surface area contributed by atoms with Crippen LogP contribution in [0.5, 0.6) is 0 Å². The molecule has 21 heavy (non-hydrogen) atoms. The second-order valence-electron chi connectivity index (χ2n) is 5.75. The third-order valence-corrected chi connectivity index (χ3v) is 4.57. The lowest BCUT2D eigenvalue weighted by molar-refractivity contribution is -0.154. The van der Waals surface area contributed by atoms with Crippen molar-refractivity contribution in [2.24, 2.45) is 0 Å². The average molecular weight is 310 g/mol. The van der Waals surface area contributed by atoms with Crippen LogP contribution >= 0.6 is 0 Å². The minimum absolute atomic E-state index is 0.0795. The number of benzene rings is 1. The number of carbonyl (C=O) groups excluding carboxylic acids is 1. The van der Waals surface area contributed by atoms with Gasteiger partial charge >= 0.3 is 11.3 Å². The molecule has 114 valence electrons. The van der Waals surface area contributed by atoms with Crippen LogP contribution in [-0.2, 0) is 19.4 Å². The van der Waals surface area contributed by atoms with Gasteiger partial charge in [-0.25, -0.2) is 8.42 Å². The molecule has 1 unspecified atom stereocenters. The maximum Gasteiger partial charge on any atom is 0.383 e. The molecule has 0 amide bonds. The Bertz CT molecular complexity index is 648. The normalized spacial score (nSPS) is 13.3. The molecule has 0 radical (unpaired) electrons. The highest BCUT2D eigenvalue weighted by atomic mass is 32.2. The monoisotopic (exact) mass is 310 g/mol. The summed E-state index contributed by atoms with van der Waals surface area (Å²) in [6.07, 6.45) is -0.413. The highest BCUT2D eigenvalue weighted by molar-refractivity contribution is 7.92. The minimum Gasteiger partial charge on any atom is -0.460 e. The fourth-order valence-electron chi connectivity index (χ4n) is 1.65. The lowest BCUT2D eigenvalue weighted by Gasteiger charge is -2.19. The van der Waals surface area contributed by atoms with Crippen molar-refractivity contribution >= 4 is 15.8 Å². The maximum absolute atomic E-state index is 12.4. The predicted octanol–water partition coefficient (Wildman–Crippen LogP) is 2.79. The zero-order valence-electron chi connectivity index (χ0n) is 12.7. The zero-order valence-corrected chi connectivity index (χ0v) is 13.5. The van der Waals surface area contributed by atoms with Crippen molar-refractivity contribution in [2.45, 2.75) is 50.0 Å². The van der Waals surface area contributed by atoms with Crippen LogP contribution < -0.4 is 0 Å². The van der Waals surface area contributed by atoms with E-state index < -0.39 is 33.2 Å². The minimum atomic E-state index is -3.81. The van der Waals surface area contributed by atoms with Crippen LogP contribution in [0.4, 0.5) is 0 Å². The Balaban J connectivity index is 2.97. The average Bonchev–Trinajstić information content (AvgIpc) is 2.34. The Hall–Kier alpha value is -1.87. The van der Waals surface area contributed by atoms with Gasteiger partial charge in [-0.2, -0.15) is 0 Å². The van der Waals surface area contributed by atoms with Gasteiger partial charge in [0.1, 0.15) is 12.0 Å². The second-order valence-corrected chi connectivity index (χ2v) is 7.86. The van der Waals surface area contributed by atoms with Crippen molar-refractivity contribution < 1.29 is 17.9 Å². The molecule has 0 N–H and O–H groups in total. The molecule has 0 bridgehead atoms. The van der Waals surface area contributed by atoms with E-state index in [9.17, 15) is 13.2 Å². The number of nitrogens with zero attached hydrogens (tertiary/aromatic N) is 1. The van der Waals surface area contributed by atoms with E-state index in [4.69, 9.17) is 11.3 Å². The molecular weight excluding hydrogens is 290 g/mol. The molecule has 1 rings (SSSR count). The standard InChI is InChI=1S/C15H20NO4S/c1-11-6-8-12(9-7-11)21(18,19)13(16-5)10-14(17)20-15(2,3)4/h5-9,13H,10H2,1-4H3/q+1. The summed E-state index contributed by atoms with van der Waals surface area (Å²) in [6, 6.07) is 6.29. The summed E-state index contributed by atoms with van der Waals surface area (Å²) in [5, 5.41) is -1.35. The summed E-state index contributed by atoms with van der Waals surface area (Å²) in [6.45, 7) is 12.1. The van der Waals surface area contributed by atoms with E-state index in [0.717, 1.165) is 5.56 Å². The first-order valence-corrected chi connectivity index (χ1v) is 8.03. The molecular formula is C15H20NO4S+. The van der Waals surface area contributed by atoms with Crippen LogP contribution in [0, 0.1) is 13.5 Å². The van der Waals surface area contributed by atoms with Gasteiger partial charge in [0.25, 0.3) is 16.4 Å². The maximum atomic E-state index is 12.4. The fraction of sp³-hybridized carbons (Fsp3) is 0.467. The Labute approximate surface area is 125 Å². The molecule has 0 saturated heterocycles. The molecule has 5 nitrogen and oxygen atoms in total. The zero-order chi connectivity index (χ0) is 16.3. The Morgan fingerprint density at radius 2 is 1.81 bits per heavy atom. The van der Waals surface area contributed by atoms with Crippen LogP contribution in [0.25, 0.3) is 4.85 Å². The van der Waals surface area contributed by atoms with Gasteiger partial charge in [-0.05, 0) is 39.8 Å². The number of hydrogen-bond acceptors (Lipinski definition) is 4. The van der Waals surface area contributed by atoms with Crippen molar-refractivity contribution in [1.82, 2.24) is 0 Å². The fourth-order valence-corrected chi connectivity index (χ4v) is 3.00. The van der Waals surface area contributed by atoms with E-state index >= 15 is 0 Å². The van der Waals surface area contributed by atoms with Gasteiger partial charge in [0.15, 0.2) is 0 Å². The van der Waals surface area contributed by atoms with E-state index in [2.05, 4.69) is 4.85 Å². The van der Waals surface area contributed by atoms with Crippen molar-refractivity contribution in [3.8, 4) is 6.57 Å². The van der Waals surface area contributed by atoms with Crippen LogP contribution in [0.3, 0.4) is 0 Å². The number of sulfone groups is 1. The summed E-state index contributed by atoms with van der Waals surface area (Å²) < 4.78 is 29.9. The van der Waals surface area contributed by atoms with Gasteiger partial charge in [0.05, 0.1) is 4.90 Å². The van der Waals surface area contributed by atoms with E-state index in [0.29, 0.717) is 0 Å². The molecule has 0 spiro atoms. The van der Waals surface area contributed by atoms with E-state index in [1.807, 2.05) is 6.92 Å². The number of carbonyl (C=O) groups is 1. The first kappa shape index (κ1) is 17.2. The Kier molecular flexibility index (Phi) is 5.13. The van der Waals surface area contributed by atoms with Crippen LogP contribution in [0.15, 0.2) is 29.2 Å². The molecule has 0 aromatic heterocycles. The molecule has 0 fully saturated rings. The van der Waals surface area contributed by atoms with Crippen molar-refractivity contribution in [1.29, 1.82) is 0 Å². The topological polar surface area (TPSA) is 64.8 Å². The van der Waals surface area contributed by atoms with Gasteiger partial charge in [-0.15, -0.1) is 0 Å². The lowest BCUT2D eigenvalue weighted by Crippen LogP contribution is -2.28. The molecule has 0 aliphatic rings. The number of rotatable bonds is 4. The molecule has 1 atom stereocenters. The highest BCUT2D eigenvalue weighted by Gasteiger charge is 2.39. The van der Waals surface area contributed by atoms with Gasteiger partial charge in [0, 0.05) is 0 Å². The summed E-state index contributed by atoms with van der Waals surface area (Å²) in [4.78, 5) is 15.2. The number of aryl methyl sites for hydroxylation is 1. The molecule has 1 aromatic carbocycles. The van der Waals surface area contributed by atoms with Crippen molar-refractivity contribution in [3.05, 3.63) is 34.7 Å². The van der Waals surface area contributed by atoms with Gasteiger partial charge in [-0.1, -0.05) is 22.5 Å². The summed E-state index contributed by atoms with van der Waals surface area (Å²) >= 11 is 0. The van der Waals surface area contributed by atoms with E-state index in [-0.39, 0.29) is 4.90 Å². The van der Waals surface area contributed by atoms with E-state index in [1.54, 1.807) is 32.9 Å². The summed E-state index contributed by atoms with van der Waals surface area (Å²) in [5.74, 6) is -0.655. The molecule has 0 aliphatic carbocycles. The van der Waals surface area contributed by atoms with Crippen molar-refractivity contribution in [3.63, 3.8) is 0 Å². The van der Waals surface area contributed by atoms with Crippen LogP contribution in [0.2, 0.25) is 0 Å².